The van der Waals surface area contributed by atoms with Crippen molar-refractivity contribution < 1.29 is 13.9 Å². The molecule has 27 heavy (non-hydrogen) atoms. The number of rotatable bonds is 6. The second-order valence-corrected chi connectivity index (χ2v) is 5.60. The summed E-state index contributed by atoms with van der Waals surface area (Å²) >= 11 is 0. The van der Waals surface area contributed by atoms with Gasteiger partial charge in [0, 0.05) is 17.3 Å². The maximum Gasteiger partial charge on any atom is 0.248 e. The van der Waals surface area contributed by atoms with Crippen molar-refractivity contribution in [2.45, 2.75) is 13.8 Å². The highest BCUT2D eigenvalue weighted by molar-refractivity contribution is 6.02. The van der Waals surface area contributed by atoms with Gasteiger partial charge in [-0.05, 0) is 54.6 Å². The van der Waals surface area contributed by atoms with Crippen LogP contribution in [-0.2, 0) is 4.79 Å². The Morgan fingerprint density at radius 3 is 2.85 bits per heavy atom. The van der Waals surface area contributed by atoms with Crippen molar-refractivity contribution in [2.24, 2.45) is 0 Å². The Labute approximate surface area is 155 Å². The normalized spacial score (nSPS) is 10.9. The minimum Gasteiger partial charge on any atom is -0.493 e. The second kappa shape index (κ2) is 8.22. The van der Waals surface area contributed by atoms with E-state index < -0.39 is 5.82 Å². The van der Waals surface area contributed by atoms with Gasteiger partial charge in [0.1, 0.15) is 17.3 Å². The summed E-state index contributed by atoms with van der Waals surface area (Å²) in [5, 5.41) is 13.7. The molecule has 2 aromatic carbocycles. The lowest BCUT2D eigenvalue weighted by atomic mass is 10.2. The Morgan fingerprint density at radius 1 is 1.30 bits per heavy atom. The first-order valence-corrected chi connectivity index (χ1v) is 8.34. The van der Waals surface area contributed by atoms with E-state index in [1.54, 1.807) is 13.0 Å². The minimum absolute atomic E-state index is 0.154. The molecule has 0 saturated heterocycles. The number of benzene rings is 2. The fraction of sp³-hybridized carbons (Fsp3) is 0.158. The summed E-state index contributed by atoms with van der Waals surface area (Å²) in [6.07, 6.45) is 3.05. The van der Waals surface area contributed by atoms with E-state index in [-0.39, 0.29) is 11.6 Å². The Morgan fingerprint density at radius 2 is 2.11 bits per heavy atom. The predicted molar refractivity (Wildman–Crippen MR) is 99.1 cm³/mol. The van der Waals surface area contributed by atoms with E-state index in [0.29, 0.717) is 23.9 Å². The molecule has 0 saturated carbocycles. The van der Waals surface area contributed by atoms with Crippen LogP contribution in [0, 0.1) is 12.7 Å². The number of amides is 1. The molecule has 3 rings (SSSR count). The maximum atomic E-state index is 14.1. The van der Waals surface area contributed by atoms with Crippen LogP contribution >= 0.6 is 0 Å². The summed E-state index contributed by atoms with van der Waals surface area (Å²) in [6.45, 7) is 4.08. The van der Waals surface area contributed by atoms with E-state index in [4.69, 9.17) is 4.74 Å². The highest BCUT2D eigenvalue weighted by Crippen LogP contribution is 2.21. The molecule has 1 heterocycles. The number of para-hydroxylation sites is 1. The van der Waals surface area contributed by atoms with Gasteiger partial charge < -0.3 is 10.1 Å². The summed E-state index contributed by atoms with van der Waals surface area (Å²) in [7, 11) is 0. The fourth-order valence-corrected chi connectivity index (χ4v) is 2.46. The van der Waals surface area contributed by atoms with E-state index in [1.807, 2.05) is 31.2 Å². The molecule has 1 aromatic heterocycles. The van der Waals surface area contributed by atoms with Gasteiger partial charge in [-0.3, -0.25) is 4.79 Å². The van der Waals surface area contributed by atoms with Crippen molar-refractivity contribution in [3.05, 3.63) is 65.7 Å². The molecule has 0 radical (unpaired) electrons. The molecule has 1 N–H and O–H groups in total. The van der Waals surface area contributed by atoms with Crippen LogP contribution in [0.4, 0.5) is 10.1 Å². The molecule has 0 unspecified atom stereocenters. The zero-order valence-electron chi connectivity index (χ0n) is 14.9. The van der Waals surface area contributed by atoms with Crippen molar-refractivity contribution in [1.29, 1.82) is 0 Å². The van der Waals surface area contributed by atoms with E-state index in [0.717, 1.165) is 5.56 Å². The third-order valence-electron chi connectivity index (χ3n) is 3.70. The number of carbonyl (C=O) groups excluding carboxylic acids is 1. The van der Waals surface area contributed by atoms with Gasteiger partial charge >= 0.3 is 0 Å². The summed E-state index contributed by atoms with van der Waals surface area (Å²) in [6, 6.07) is 11.6. The Hall–Kier alpha value is -3.55. The number of aromatic nitrogens is 4. The molecule has 0 atom stereocenters. The maximum absolute atomic E-state index is 14.1. The number of nitrogens with one attached hydrogen (secondary N) is 1. The van der Waals surface area contributed by atoms with E-state index in [1.165, 1.54) is 29.0 Å². The van der Waals surface area contributed by atoms with Crippen LogP contribution in [0.5, 0.6) is 5.75 Å². The molecule has 0 aliphatic rings. The summed E-state index contributed by atoms with van der Waals surface area (Å²) in [5.74, 6) is 0.281. The first kappa shape index (κ1) is 18.2. The average molecular weight is 367 g/mol. The van der Waals surface area contributed by atoms with Crippen LogP contribution in [0.2, 0.25) is 0 Å². The zero-order valence-corrected chi connectivity index (χ0v) is 14.9. The third kappa shape index (κ3) is 4.35. The Bertz CT molecular complexity index is 984. The van der Waals surface area contributed by atoms with E-state index >= 15 is 0 Å². The lowest BCUT2D eigenvalue weighted by Crippen LogP contribution is -2.09. The lowest BCUT2D eigenvalue weighted by Gasteiger charge is -2.08. The number of aryl methyl sites for hydroxylation is 1. The van der Waals surface area contributed by atoms with Crippen molar-refractivity contribution in [1.82, 2.24) is 20.2 Å². The van der Waals surface area contributed by atoms with Crippen molar-refractivity contribution in [3.63, 3.8) is 0 Å². The minimum atomic E-state index is -0.496. The van der Waals surface area contributed by atoms with Gasteiger partial charge in [0.05, 0.1) is 6.61 Å². The molecule has 3 aromatic rings. The molecule has 8 heteroatoms. The van der Waals surface area contributed by atoms with E-state index in [9.17, 15) is 9.18 Å². The number of hydrogen-bond donors (Lipinski definition) is 1. The molecule has 0 fully saturated rings. The van der Waals surface area contributed by atoms with Gasteiger partial charge in [-0.15, -0.1) is 5.10 Å². The highest BCUT2D eigenvalue weighted by atomic mass is 19.1. The van der Waals surface area contributed by atoms with Crippen LogP contribution in [0.1, 0.15) is 18.3 Å². The predicted octanol–water partition coefficient (Wildman–Crippen LogP) is 3.16. The summed E-state index contributed by atoms with van der Waals surface area (Å²) in [5.41, 5.74) is 1.37. The van der Waals surface area contributed by atoms with Crippen LogP contribution in [-0.4, -0.2) is 32.7 Å². The SMILES string of the molecule is CCOc1ccccc1/C=C/C(=O)Nc1ccc(F)c(-n2nnnc2C)c1. The monoisotopic (exact) mass is 367 g/mol. The second-order valence-electron chi connectivity index (χ2n) is 5.60. The molecular weight excluding hydrogens is 349 g/mol. The van der Waals surface area contributed by atoms with Crippen LogP contribution < -0.4 is 10.1 Å². The van der Waals surface area contributed by atoms with Gasteiger partial charge in [-0.25, -0.2) is 4.39 Å². The molecule has 1 amide bonds. The Balaban J connectivity index is 1.76. The highest BCUT2D eigenvalue weighted by Gasteiger charge is 2.11. The molecule has 0 aliphatic carbocycles. The molecule has 138 valence electrons. The number of hydrogen-bond acceptors (Lipinski definition) is 5. The molecule has 7 nitrogen and oxygen atoms in total. The van der Waals surface area contributed by atoms with Gasteiger partial charge in [-0.2, -0.15) is 4.68 Å². The van der Waals surface area contributed by atoms with Gasteiger partial charge in [-0.1, -0.05) is 18.2 Å². The zero-order chi connectivity index (χ0) is 19.2. The molecule has 0 spiro atoms. The number of anilines is 1. The van der Waals surface area contributed by atoms with E-state index in [2.05, 4.69) is 20.8 Å². The standard InChI is InChI=1S/C19H18FN5O2/c1-3-27-18-7-5-4-6-14(18)8-11-19(26)21-15-9-10-16(20)17(12-15)25-13(2)22-23-24-25/h4-12H,3H2,1-2H3,(H,21,26)/b11-8+. The Kier molecular flexibility index (Phi) is 5.55. The van der Waals surface area contributed by atoms with Crippen LogP contribution in [0.15, 0.2) is 48.5 Å². The van der Waals surface area contributed by atoms with Gasteiger partial charge in [0.15, 0.2) is 5.82 Å². The van der Waals surface area contributed by atoms with Crippen molar-refractivity contribution in [2.75, 3.05) is 11.9 Å². The third-order valence-corrected chi connectivity index (χ3v) is 3.70. The number of carbonyl (C=O) groups is 1. The lowest BCUT2D eigenvalue weighted by molar-refractivity contribution is -0.111. The van der Waals surface area contributed by atoms with Crippen molar-refractivity contribution in [3.8, 4) is 11.4 Å². The van der Waals surface area contributed by atoms with Gasteiger partial charge in [0.25, 0.3) is 0 Å². The number of ether oxygens (including phenoxy) is 1. The average Bonchev–Trinajstić information content (AvgIpc) is 3.08. The molecule has 0 bridgehead atoms. The van der Waals surface area contributed by atoms with Crippen LogP contribution in [0.25, 0.3) is 11.8 Å². The smallest absolute Gasteiger partial charge is 0.248 e. The number of halogens is 1. The number of nitrogens with zero attached hydrogens (tertiary/aromatic N) is 4. The molecule has 0 aliphatic heterocycles. The molecular formula is C19H18FN5O2. The largest absolute Gasteiger partial charge is 0.493 e. The first-order valence-electron chi connectivity index (χ1n) is 8.34. The van der Waals surface area contributed by atoms with Crippen LogP contribution in [0.3, 0.4) is 0 Å². The summed E-state index contributed by atoms with van der Waals surface area (Å²) < 4.78 is 20.9. The summed E-state index contributed by atoms with van der Waals surface area (Å²) in [4.78, 5) is 12.2. The van der Waals surface area contributed by atoms with Crippen molar-refractivity contribution >= 4 is 17.7 Å². The number of tetrazole rings is 1. The van der Waals surface area contributed by atoms with Gasteiger partial charge in [0.2, 0.25) is 5.91 Å². The first-order chi connectivity index (χ1) is 13.1. The quantitative estimate of drug-likeness (QED) is 0.677. The fourth-order valence-electron chi connectivity index (χ4n) is 2.46. The topological polar surface area (TPSA) is 81.9 Å².